The van der Waals surface area contributed by atoms with Crippen LogP contribution in [0.15, 0.2) is 17.1 Å². The van der Waals surface area contributed by atoms with E-state index in [9.17, 15) is 19.1 Å². The van der Waals surface area contributed by atoms with E-state index in [4.69, 9.17) is 0 Å². The zero-order chi connectivity index (χ0) is 18.9. The fourth-order valence-corrected chi connectivity index (χ4v) is 5.48. The van der Waals surface area contributed by atoms with Gasteiger partial charge >= 0.3 is 6.09 Å². The number of piperidine rings is 1. The highest BCUT2D eigenvalue weighted by atomic mass is 32.1. The first-order valence-corrected chi connectivity index (χ1v) is 9.45. The van der Waals surface area contributed by atoms with Gasteiger partial charge in [0.15, 0.2) is 0 Å². The summed E-state index contributed by atoms with van der Waals surface area (Å²) in [5.41, 5.74) is 1.91. The SMILES string of the molecule is Cc1[nH]ncc1-c1cc2nc(C3C4CC(C[C@@H]4F)N3C(=O)O)[nH]c(=O)c2s1. The average Bonchev–Trinajstić information content (AvgIpc) is 3.35. The van der Waals surface area contributed by atoms with E-state index in [2.05, 4.69) is 20.2 Å². The summed E-state index contributed by atoms with van der Waals surface area (Å²) >= 11 is 1.30. The van der Waals surface area contributed by atoms with E-state index in [1.807, 2.05) is 6.92 Å². The highest BCUT2D eigenvalue weighted by Gasteiger charge is 2.55. The fourth-order valence-electron chi connectivity index (χ4n) is 4.42. The monoisotopic (exact) mass is 389 g/mol. The molecule has 140 valence electrons. The van der Waals surface area contributed by atoms with Crippen molar-refractivity contribution in [2.24, 2.45) is 5.92 Å². The van der Waals surface area contributed by atoms with E-state index in [1.54, 1.807) is 12.3 Å². The Kier molecular flexibility index (Phi) is 3.42. The lowest BCUT2D eigenvalue weighted by Crippen LogP contribution is -2.43. The third-order valence-corrected chi connectivity index (χ3v) is 6.76. The van der Waals surface area contributed by atoms with Gasteiger partial charge in [-0.25, -0.2) is 14.2 Å². The van der Waals surface area contributed by atoms with Gasteiger partial charge in [0.05, 0.1) is 17.8 Å². The minimum absolute atomic E-state index is 0.211. The maximum absolute atomic E-state index is 14.3. The first-order valence-electron chi connectivity index (χ1n) is 8.63. The average molecular weight is 389 g/mol. The van der Waals surface area contributed by atoms with Gasteiger partial charge in [-0.15, -0.1) is 11.3 Å². The molecule has 1 saturated carbocycles. The van der Waals surface area contributed by atoms with Crippen LogP contribution in [0.5, 0.6) is 0 Å². The normalized spacial score (nSPS) is 27.0. The van der Waals surface area contributed by atoms with Crippen molar-refractivity contribution in [3.8, 4) is 10.4 Å². The number of aryl methyl sites for hydroxylation is 1. The fraction of sp³-hybridized carbons (Fsp3) is 0.412. The number of H-pyrrole nitrogens is 2. The molecule has 3 N–H and O–H groups in total. The third-order valence-electron chi connectivity index (χ3n) is 5.60. The number of carboxylic acid groups (broad SMARTS) is 1. The molecule has 1 amide bonds. The molecule has 1 saturated heterocycles. The van der Waals surface area contributed by atoms with Crippen molar-refractivity contribution in [1.82, 2.24) is 25.1 Å². The molecule has 0 spiro atoms. The third kappa shape index (κ3) is 2.32. The van der Waals surface area contributed by atoms with E-state index in [0.717, 1.165) is 16.1 Å². The quantitative estimate of drug-likeness (QED) is 0.623. The van der Waals surface area contributed by atoms with Crippen LogP contribution in [0.3, 0.4) is 0 Å². The number of carbonyl (C=O) groups is 1. The number of aromatic nitrogens is 4. The molecule has 0 radical (unpaired) electrons. The molecule has 3 unspecified atom stereocenters. The Morgan fingerprint density at radius 3 is 2.96 bits per heavy atom. The molecule has 3 aromatic rings. The van der Waals surface area contributed by atoms with E-state index in [1.165, 1.54) is 16.2 Å². The van der Waals surface area contributed by atoms with Gasteiger partial charge in [-0.05, 0) is 25.8 Å². The van der Waals surface area contributed by atoms with Gasteiger partial charge in [0.1, 0.15) is 16.7 Å². The number of halogens is 1. The Bertz CT molecular complexity index is 1120. The predicted molar refractivity (Wildman–Crippen MR) is 96.6 cm³/mol. The zero-order valence-electron chi connectivity index (χ0n) is 14.3. The second-order valence-corrected chi connectivity index (χ2v) is 8.18. The molecule has 1 aliphatic heterocycles. The second kappa shape index (κ2) is 5.62. The van der Waals surface area contributed by atoms with Crippen LogP contribution in [0.25, 0.3) is 20.7 Å². The van der Waals surface area contributed by atoms with Crippen molar-refractivity contribution >= 4 is 27.6 Å². The number of nitrogens with zero attached hydrogens (tertiary/aromatic N) is 3. The van der Waals surface area contributed by atoms with Gasteiger partial charge in [0.2, 0.25) is 0 Å². The predicted octanol–water partition coefficient (Wildman–Crippen LogP) is 2.83. The first-order chi connectivity index (χ1) is 12.9. The van der Waals surface area contributed by atoms with Crippen molar-refractivity contribution < 1.29 is 14.3 Å². The molecule has 4 heterocycles. The number of hydrogen-bond donors (Lipinski definition) is 3. The number of rotatable bonds is 2. The summed E-state index contributed by atoms with van der Waals surface area (Å²) < 4.78 is 14.7. The van der Waals surface area contributed by atoms with Gasteiger partial charge in [0, 0.05) is 28.1 Å². The topological polar surface area (TPSA) is 115 Å². The van der Waals surface area contributed by atoms with Crippen LogP contribution < -0.4 is 5.56 Å². The van der Waals surface area contributed by atoms with Crippen LogP contribution in [-0.2, 0) is 0 Å². The first kappa shape index (κ1) is 16.4. The minimum Gasteiger partial charge on any atom is -0.465 e. The standard InChI is InChI=1S/C17H16FN5O3S/c1-6-9(5-19-22-6)12-4-11-14(27-12)16(24)21-15(20-11)13-8-2-7(3-10(8)18)23(13)17(25)26/h4-5,7-8,10,13H,2-3H2,1H3,(H,19,22)(H,25,26)(H,20,21,24)/t7?,8?,10-,13?/m0/s1. The van der Waals surface area contributed by atoms with Crippen LogP contribution in [0.2, 0.25) is 0 Å². The molecule has 1 aliphatic carbocycles. The molecule has 2 aliphatic rings. The van der Waals surface area contributed by atoms with Crippen molar-refractivity contribution in [2.45, 2.75) is 38.0 Å². The van der Waals surface area contributed by atoms with E-state index in [-0.39, 0.29) is 23.8 Å². The van der Waals surface area contributed by atoms with Crippen molar-refractivity contribution in [3.63, 3.8) is 0 Å². The summed E-state index contributed by atoms with van der Waals surface area (Å²) in [7, 11) is 0. The number of aromatic amines is 2. The van der Waals surface area contributed by atoms with Crippen LogP contribution in [0.4, 0.5) is 9.18 Å². The number of hydrogen-bond acceptors (Lipinski definition) is 5. The second-order valence-electron chi connectivity index (χ2n) is 7.12. The van der Waals surface area contributed by atoms with Crippen molar-refractivity contribution in [1.29, 1.82) is 0 Å². The maximum Gasteiger partial charge on any atom is 0.408 e. The molecule has 2 fully saturated rings. The Morgan fingerprint density at radius 2 is 2.26 bits per heavy atom. The van der Waals surface area contributed by atoms with E-state index in [0.29, 0.717) is 16.6 Å². The molecule has 10 heteroatoms. The summed E-state index contributed by atoms with van der Waals surface area (Å²) in [5, 5.41) is 16.4. The van der Waals surface area contributed by atoms with Crippen LogP contribution in [0.1, 0.15) is 30.4 Å². The van der Waals surface area contributed by atoms with Gasteiger partial charge in [0.25, 0.3) is 5.56 Å². The Hall–Kier alpha value is -2.75. The smallest absolute Gasteiger partial charge is 0.408 e. The molecular formula is C17H16FN5O3S. The van der Waals surface area contributed by atoms with Gasteiger partial charge < -0.3 is 10.1 Å². The number of likely N-dealkylation sites (tertiary alicyclic amines) is 1. The molecule has 3 aromatic heterocycles. The summed E-state index contributed by atoms with van der Waals surface area (Å²) in [6.45, 7) is 1.89. The Morgan fingerprint density at radius 1 is 1.44 bits per heavy atom. The lowest BCUT2D eigenvalue weighted by molar-refractivity contribution is 0.0691. The molecule has 8 nitrogen and oxygen atoms in total. The van der Waals surface area contributed by atoms with Crippen LogP contribution >= 0.6 is 11.3 Å². The number of alkyl halides is 1. The van der Waals surface area contributed by atoms with Gasteiger partial charge in [-0.3, -0.25) is 14.8 Å². The summed E-state index contributed by atoms with van der Waals surface area (Å²) in [4.78, 5) is 33.6. The highest BCUT2D eigenvalue weighted by Crippen LogP contribution is 2.50. The highest BCUT2D eigenvalue weighted by molar-refractivity contribution is 7.22. The summed E-state index contributed by atoms with van der Waals surface area (Å²) in [6.07, 6.45) is 0.168. The molecule has 5 rings (SSSR count). The van der Waals surface area contributed by atoms with Gasteiger partial charge in [-0.1, -0.05) is 0 Å². The van der Waals surface area contributed by atoms with Crippen LogP contribution in [0, 0.1) is 12.8 Å². The maximum atomic E-state index is 14.3. The molecule has 0 aromatic carbocycles. The molecular weight excluding hydrogens is 373 g/mol. The Labute approximate surface area is 156 Å². The molecule has 27 heavy (non-hydrogen) atoms. The minimum atomic E-state index is -1.11. The number of fused-ring (bicyclic) bond motifs is 3. The molecule has 2 bridgehead atoms. The van der Waals surface area contributed by atoms with E-state index < -0.39 is 24.2 Å². The van der Waals surface area contributed by atoms with Crippen molar-refractivity contribution in [3.05, 3.63) is 34.1 Å². The van der Waals surface area contributed by atoms with Crippen molar-refractivity contribution in [2.75, 3.05) is 0 Å². The van der Waals surface area contributed by atoms with E-state index >= 15 is 0 Å². The molecule has 4 atom stereocenters. The summed E-state index contributed by atoms with van der Waals surface area (Å²) in [5.74, 6) is -0.251. The van der Waals surface area contributed by atoms with Crippen LogP contribution in [-0.4, -0.2) is 48.5 Å². The number of thiophene rings is 1. The zero-order valence-corrected chi connectivity index (χ0v) is 15.1. The lowest BCUT2D eigenvalue weighted by Gasteiger charge is -2.33. The number of amides is 1. The largest absolute Gasteiger partial charge is 0.465 e. The Balaban J connectivity index is 1.63. The number of nitrogens with one attached hydrogen (secondary N) is 2. The summed E-state index contributed by atoms with van der Waals surface area (Å²) in [6, 6.07) is 0.675. The lowest BCUT2D eigenvalue weighted by atomic mass is 9.96. The van der Waals surface area contributed by atoms with Gasteiger partial charge in [-0.2, -0.15) is 5.10 Å².